The monoisotopic (exact) mass is 219 g/mol. The van der Waals surface area contributed by atoms with Gasteiger partial charge in [0.25, 0.3) is 0 Å². The highest BCUT2D eigenvalue weighted by molar-refractivity contribution is 5.98. The van der Waals surface area contributed by atoms with Gasteiger partial charge in [0.05, 0.1) is 0 Å². The van der Waals surface area contributed by atoms with Gasteiger partial charge in [0.15, 0.2) is 5.78 Å². The summed E-state index contributed by atoms with van der Waals surface area (Å²) in [6, 6.07) is 5.86. The molecular formula is C14H21NO. The summed E-state index contributed by atoms with van der Waals surface area (Å²) in [5, 5.41) is 0. The lowest BCUT2D eigenvalue weighted by atomic mass is 9.87. The van der Waals surface area contributed by atoms with Crippen LogP contribution in [0.25, 0.3) is 0 Å². The van der Waals surface area contributed by atoms with E-state index >= 15 is 0 Å². The number of carbonyl (C=O) groups excluding carboxylic acids is 1. The van der Waals surface area contributed by atoms with Crippen molar-refractivity contribution in [3.8, 4) is 0 Å². The minimum atomic E-state index is -0.0675. The van der Waals surface area contributed by atoms with Gasteiger partial charge < -0.3 is 5.73 Å². The van der Waals surface area contributed by atoms with E-state index in [1.807, 2.05) is 45.9 Å². The maximum atomic E-state index is 12.2. The zero-order valence-electron chi connectivity index (χ0n) is 10.6. The Morgan fingerprint density at radius 2 is 1.88 bits per heavy atom. The molecule has 0 heterocycles. The third kappa shape index (κ3) is 2.70. The summed E-state index contributed by atoms with van der Waals surface area (Å²) in [5.41, 5.74) is 8.81. The highest BCUT2D eigenvalue weighted by Gasteiger charge is 2.21. The van der Waals surface area contributed by atoms with Crippen LogP contribution in [0.1, 0.15) is 35.3 Å². The molecule has 2 nitrogen and oxygen atoms in total. The molecule has 0 saturated carbocycles. The molecule has 0 fully saturated rings. The first kappa shape index (κ1) is 12.9. The fourth-order valence-corrected chi connectivity index (χ4v) is 1.79. The van der Waals surface area contributed by atoms with E-state index in [2.05, 4.69) is 0 Å². The second kappa shape index (κ2) is 5.26. The van der Waals surface area contributed by atoms with E-state index in [9.17, 15) is 4.79 Å². The van der Waals surface area contributed by atoms with Crippen LogP contribution in [-0.2, 0) is 0 Å². The van der Waals surface area contributed by atoms with Crippen molar-refractivity contribution in [1.29, 1.82) is 0 Å². The van der Waals surface area contributed by atoms with E-state index < -0.39 is 0 Å². The topological polar surface area (TPSA) is 43.1 Å². The molecule has 0 aromatic heterocycles. The zero-order valence-corrected chi connectivity index (χ0v) is 10.6. The summed E-state index contributed by atoms with van der Waals surface area (Å²) in [4.78, 5) is 12.2. The molecule has 0 spiro atoms. The molecule has 16 heavy (non-hydrogen) atoms. The van der Waals surface area contributed by atoms with Gasteiger partial charge in [-0.1, -0.05) is 26.0 Å². The largest absolute Gasteiger partial charge is 0.330 e. The van der Waals surface area contributed by atoms with Crippen LogP contribution in [0, 0.1) is 25.7 Å². The molecule has 2 N–H and O–H groups in total. The fraction of sp³-hybridized carbons (Fsp3) is 0.500. The Morgan fingerprint density at radius 1 is 1.25 bits per heavy atom. The molecule has 0 radical (unpaired) electrons. The molecule has 0 aliphatic carbocycles. The average Bonchev–Trinajstić information content (AvgIpc) is 2.22. The third-order valence-electron chi connectivity index (χ3n) is 3.19. The van der Waals surface area contributed by atoms with Crippen molar-refractivity contribution < 1.29 is 4.79 Å². The lowest BCUT2D eigenvalue weighted by Crippen LogP contribution is -2.28. The van der Waals surface area contributed by atoms with Crippen LogP contribution in [0.2, 0.25) is 0 Å². The van der Waals surface area contributed by atoms with E-state index in [-0.39, 0.29) is 11.7 Å². The molecule has 0 aliphatic rings. The molecule has 1 aromatic rings. The predicted octanol–water partition coefficient (Wildman–Crippen LogP) is 2.72. The van der Waals surface area contributed by atoms with Crippen LogP contribution < -0.4 is 5.73 Å². The second-order valence-corrected chi connectivity index (χ2v) is 4.75. The van der Waals surface area contributed by atoms with Gasteiger partial charge in [0, 0.05) is 18.0 Å². The Hall–Kier alpha value is -1.15. The summed E-state index contributed by atoms with van der Waals surface area (Å²) in [5.74, 6) is 0.391. The minimum absolute atomic E-state index is 0.0675. The van der Waals surface area contributed by atoms with E-state index in [0.717, 1.165) is 11.1 Å². The summed E-state index contributed by atoms with van der Waals surface area (Å²) < 4.78 is 0. The van der Waals surface area contributed by atoms with Crippen molar-refractivity contribution in [2.24, 2.45) is 17.6 Å². The second-order valence-electron chi connectivity index (χ2n) is 4.75. The molecule has 0 amide bonds. The molecule has 0 aliphatic heterocycles. The van der Waals surface area contributed by atoms with Gasteiger partial charge in [-0.3, -0.25) is 4.79 Å². The number of hydrogen-bond acceptors (Lipinski definition) is 2. The molecule has 1 aromatic carbocycles. The van der Waals surface area contributed by atoms with Gasteiger partial charge >= 0.3 is 0 Å². The Kier molecular flexibility index (Phi) is 4.25. The summed E-state index contributed by atoms with van der Waals surface area (Å²) >= 11 is 0. The molecule has 1 atom stereocenters. The normalized spacial score (nSPS) is 12.9. The maximum absolute atomic E-state index is 12.2. The number of ketones is 1. The van der Waals surface area contributed by atoms with Crippen LogP contribution in [0.15, 0.2) is 18.2 Å². The third-order valence-corrected chi connectivity index (χ3v) is 3.19. The van der Waals surface area contributed by atoms with Crippen LogP contribution >= 0.6 is 0 Å². The highest BCUT2D eigenvalue weighted by atomic mass is 16.1. The van der Waals surface area contributed by atoms with Gasteiger partial charge in [-0.15, -0.1) is 0 Å². The number of carbonyl (C=O) groups is 1. The van der Waals surface area contributed by atoms with Gasteiger partial charge in [0.1, 0.15) is 0 Å². The van der Waals surface area contributed by atoms with Crippen molar-refractivity contribution in [2.45, 2.75) is 27.7 Å². The summed E-state index contributed by atoms with van der Waals surface area (Å²) in [6.07, 6.45) is 0. The average molecular weight is 219 g/mol. The van der Waals surface area contributed by atoms with Gasteiger partial charge in [-0.2, -0.15) is 0 Å². The quantitative estimate of drug-likeness (QED) is 0.791. The molecule has 0 bridgehead atoms. The van der Waals surface area contributed by atoms with Crippen LogP contribution in [0.5, 0.6) is 0 Å². The first-order valence-corrected chi connectivity index (χ1v) is 5.79. The van der Waals surface area contributed by atoms with E-state index in [4.69, 9.17) is 5.73 Å². The van der Waals surface area contributed by atoms with E-state index in [1.54, 1.807) is 0 Å². The molecule has 2 heteroatoms. The predicted molar refractivity (Wildman–Crippen MR) is 67.6 cm³/mol. The Morgan fingerprint density at radius 3 is 2.31 bits per heavy atom. The van der Waals surface area contributed by atoms with Crippen molar-refractivity contribution in [3.05, 3.63) is 34.9 Å². The van der Waals surface area contributed by atoms with Crippen molar-refractivity contribution >= 4 is 5.78 Å². The van der Waals surface area contributed by atoms with Gasteiger partial charge in [0.2, 0.25) is 0 Å². The van der Waals surface area contributed by atoms with Crippen LogP contribution in [-0.4, -0.2) is 12.3 Å². The summed E-state index contributed by atoms with van der Waals surface area (Å²) in [7, 11) is 0. The Bertz CT molecular complexity index is 382. The number of rotatable bonds is 4. The lowest BCUT2D eigenvalue weighted by Gasteiger charge is -2.17. The highest BCUT2D eigenvalue weighted by Crippen LogP contribution is 2.18. The number of hydrogen-bond donors (Lipinski definition) is 1. The van der Waals surface area contributed by atoms with Gasteiger partial charge in [-0.05, 0) is 37.0 Å². The zero-order chi connectivity index (χ0) is 12.3. The van der Waals surface area contributed by atoms with Gasteiger partial charge in [-0.25, -0.2) is 0 Å². The van der Waals surface area contributed by atoms with E-state index in [0.29, 0.717) is 12.5 Å². The number of benzene rings is 1. The molecule has 1 rings (SSSR count). The van der Waals surface area contributed by atoms with Crippen LogP contribution in [0.4, 0.5) is 0 Å². The summed E-state index contributed by atoms with van der Waals surface area (Å²) in [6.45, 7) is 8.57. The number of aryl methyl sites for hydroxylation is 2. The van der Waals surface area contributed by atoms with E-state index in [1.165, 1.54) is 5.56 Å². The number of Topliss-reactive ketones (excluding diaryl/α,β-unsaturated/α-hetero) is 1. The SMILES string of the molecule is Cc1ccc(C(=O)C(CN)C(C)C)cc1C. The molecular weight excluding hydrogens is 198 g/mol. The van der Waals surface area contributed by atoms with Crippen molar-refractivity contribution in [2.75, 3.05) is 6.54 Å². The number of nitrogens with two attached hydrogens (primary N) is 1. The molecule has 88 valence electrons. The molecule has 0 saturated heterocycles. The van der Waals surface area contributed by atoms with Crippen molar-refractivity contribution in [1.82, 2.24) is 0 Å². The Balaban J connectivity index is 2.99. The fourth-order valence-electron chi connectivity index (χ4n) is 1.79. The smallest absolute Gasteiger partial charge is 0.167 e. The van der Waals surface area contributed by atoms with Crippen LogP contribution in [0.3, 0.4) is 0 Å². The maximum Gasteiger partial charge on any atom is 0.167 e. The first-order valence-electron chi connectivity index (χ1n) is 5.79. The van der Waals surface area contributed by atoms with Crippen molar-refractivity contribution in [3.63, 3.8) is 0 Å². The molecule has 1 unspecified atom stereocenters. The first-order chi connectivity index (χ1) is 7.47. The Labute approximate surface area is 97.9 Å². The standard InChI is InChI=1S/C14H21NO/c1-9(2)13(8-15)14(16)12-6-5-10(3)11(4)7-12/h5-7,9,13H,8,15H2,1-4H3. The lowest BCUT2D eigenvalue weighted by molar-refractivity contribution is 0.0892. The minimum Gasteiger partial charge on any atom is -0.330 e.